The molecule has 2 heteroatoms. The molecule has 0 saturated heterocycles. The average molecular weight is 175 g/mol. The molecule has 0 amide bonds. The molecule has 0 aliphatic rings. The minimum absolute atomic E-state index is 0.254. The van der Waals surface area contributed by atoms with Crippen LogP contribution in [0.4, 0.5) is 0 Å². The fourth-order valence-corrected chi connectivity index (χ4v) is 0.906. The van der Waals surface area contributed by atoms with Crippen LogP contribution < -0.4 is 0 Å². The summed E-state index contributed by atoms with van der Waals surface area (Å²) in [4.78, 5) is 10.7. The van der Waals surface area contributed by atoms with E-state index < -0.39 is 5.97 Å². The van der Waals surface area contributed by atoms with Crippen molar-refractivity contribution in [1.82, 2.24) is 0 Å². The van der Waals surface area contributed by atoms with Crippen molar-refractivity contribution in [3.8, 4) is 0 Å². The van der Waals surface area contributed by atoms with E-state index in [0.717, 1.165) is 17.2 Å². The highest BCUT2D eigenvalue weighted by atomic mass is 16.5. The average Bonchev–Trinajstić information content (AvgIpc) is 2.16. The van der Waals surface area contributed by atoms with E-state index in [9.17, 15) is 4.79 Å². The maximum atomic E-state index is 10.7. The Hall–Kier alpha value is -1.57. The van der Waals surface area contributed by atoms with Crippen LogP contribution in [0.25, 0.3) is 0 Å². The second-order valence-corrected chi connectivity index (χ2v) is 2.58. The van der Waals surface area contributed by atoms with Crippen molar-refractivity contribution in [3.63, 3.8) is 0 Å². The van der Waals surface area contributed by atoms with Gasteiger partial charge < -0.3 is 4.74 Å². The van der Waals surface area contributed by atoms with Gasteiger partial charge in [0.25, 0.3) is 0 Å². The van der Waals surface area contributed by atoms with Gasteiger partial charge in [0, 0.05) is 6.08 Å². The fraction of sp³-hybridized carbons (Fsp3) is 0.0909. The highest BCUT2D eigenvalue weighted by molar-refractivity contribution is 5.81. The molecule has 13 heavy (non-hydrogen) atoms. The number of carbonyl (C=O) groups excluding carboxylic acids is 1. The summed E-state index contributed by atoms with van der Waals surface area (Å²) < 4.78 is 4.86. The lowest BCUT2D eigenvalue weighted by atomic mass is 10.1. The van der Waals surface area contributed by atoms with Gasteiger partial charge in [-0.05, 0) is 18.1 Å². The van der Waals surface area contributed by atoms with Crippen LogP contribution in [0, 0.1) is 6.92 Å². The molecular formula is C11H11O2. The molecule has 0 N–H and O–H groups in total. The van der Waals surface area contributed by atoms with E-state index in [0.29, 0.717) is 0 Å². The number of ether oxygens (including phenoxy) is 1. The number of hydrogen-bond donors (Lipinski definition) is 0. The highest BCUT2D eigenvalue weighted by Crippen LogP contribution is 2.08. The number of hydrogen-bond acceptors (Lipinski definition) is 2. The molecular weight excluding hydrogens is 164 g/mol. The number of benzene rings is 1. The Morgan fingerprint density at radius 1 is 1.46 bits per heavy atom. The van der Waals surface area contributed by atoms with Gasteiger partial charge in [-0.15, -0.1) is 0 Å². The summed E-state index contributed by atoms with van der Waals surface area (Å²) in [7, 11) is 0. The Bertz CT molecular complexity index is 316. The van der Waals surface area contributed by atoms with Crippen LogP contribution in [-0.2, 0) is 16.1 Å². The summed E-state index contributed by atoms with van der Waals surface area (Å²) in [6.45, 7) is 7.37. The Morgan fingerprint density at radius 3 is 2.77 bits per heavy atom. The van der Waals surface area contributed by atoms with Crippen molar-refractivity contribution in [3.05, 3.63) is 55.0 Å². The first-order valence-corrected chi connectivity index (χ1v) is 3.93. The van der Waals surface area contributed by atoms with E-state index in [1.165, 1.54) is 0 Å². The molecule has 0 aliphatic heterocycles. The maximum absolute atomic E-state index is 10.7. The van der Waals surface area contributed by atoms with Gasteiger partial charge in [0.05, 0.1) is 0 Å². The lowest BCUT2D eigenvalue weighted by Gasteiger charge is -2.04. The molecule has 0 saturated carbocycles. The number of rotatable bonds is 3. The van der Waals surface area contributed by atoms with Crippen LogP contribution in [0.2, 0.25) is 0 Å². The molecule has 67 valence electrons. The van der Waals surface area contributed by atoms with Crippen LogP contribution in [0.5, 0.6) is 0 Å². The molecule has 0 bridgehead atoms. The molecule has 1 aromatic rings. The molecule has 0 unspecified atom stereocenters. The van der Waals surface area contributed by atoms with Gasteiger partial charge in [-0.1, -0.05) is 30.8 Å². The molecule has 0 atom stereocenters. The second-order valence-electron chi connectivity index (χ2n) is 2.58. The first kappa shape index (κ1) is 9.52. The van der Waals surface area contributed by atoms with Gasteiger partial charge in [0.2, 0.25) is 0 Å². The van der Waals surface area contributed by atoms with Gasteiger partial charge in [-0.25, -0.2) is 4.79 Å². The monoisotopic (exact) mass is 175 g/mol. The highest BCUT2D eigenvalue weighted by Gasteiger charge is 1.99. The van der Waals surface area contributed by atoms with E-state index in [1.54, 1.807) is 0 Å². The largest absolute Gasteiger partial charge is 0.458 e. The molecule has 0 heterocycles. The van der Waals surface area contributed by atoms with Crippen molar-refractivity contribution in [2.24, 2.45) is 0 Å². The van der Waals surface area contributed by atoms with Crippen molar-refractivity contribution < 1.29 is 9.53 Å². The third-order valence-corrected chi connectivity index (χ3v) is 1.65. The quantitative estimate of drug-likeness (QED) is 0.519. The van der Waals surface area contributed by atoms with E-state index in [1.807, 2.05) is 24.3 Å². The lowest BCUT2D eigenvalue weighted by molar-refractivity contribution is -0.138. The molecule has 0 aromatic heterocycles. The Morgan fingerprint density at radius 2 is 2.15 bits per heavy atom. The van der Waals surface area contributed by atoms with Crippen molar-refractivity contribution in [1.29, 1.82) is 0 Å². The van der Waals surface area contributed by atoms with E-state index in [-0.39, 0.29) is 6.61 Å². The number of esters is 1. The molecule has 0 fully saturated rings. The van der Waals surface area contributed by atoms with Crippen LogP contribution in [0.3, 0.4) is 0 Å². The smallest absolute Gasteiger partial charge is 0.330 e. The Balaban J connectivity index is 2.59. The zero-order valence-electron chi connectivity index (χ0n) is 7.32. The first-order valence-electron chi connectivity index (χ1n) is 3.93. The summed E-state index contributed by atoms with van der Waals surface area (Å²) >= 11 is 0. The predicted molar refractivity (Wildman–Crippen MR) is 50.9 cm³/mol. The number of carbonyl (C=O) groups is 1. The fourth-order valence-electron chi connectivity index (χ4n) is 0.906. The van der Waals surface area contributed by atoms with Gasteiger partial charge in [-0.2, -0.15) is 0 Å². The molecule has 1 aromatic carbocycles. The van der Waals surface area contributed by atoms with E-state index in [2.05, 4.69) is 13.5 Å². The van der Waals surface area contributed by atoms with E-state index in [4.69, 9.17) is 4.74 Å². The molecule has 1 radical (unpaired) electrons. The summed E-state index contributed by atoms with van der Waals surface area (Å²) in [6.07, 6.45) is 1.14. The van der Waals surface area contributed by atoms with Gasteiger partial charge >= 0.3 is 5.97 Å². The summed E-state index contributed by atoms with van der Waals surface area (Å²) in [5, 5.41) is 0. The standard InChI is InChI=1S/C11H11O2/c1-3-11(12)13-8-10-7-5-4-6-9(10)2/h3-7H,1-2,8H2. The van der Waals surface area contributed by atoms with Gasteiger partial charge in [-0.3, -0.25) is 0 Å². The predicted octanol–water partition coefficient (Wildman–Crippen LogP) is 2.10. The lowest BCUT2D eigenvalue weighted by Crippen LogP contribution is -2.01. The second kappa shape index (κ2) is 4.45. The summed E-state index contributed by atoms with van der Waals surface area (Å²) in [5.74, 6) is -0.414. The zero-order chi connectivity index (χ0) is 9.68. The zero-order valence-corrected chi connectivity index (χ0v) is 7.32. The van der Waals surface area contributed by atoms with Crippen LogP contribution in [0.15, 0.2) is 36.9 Å². The Kier molecular flexibility index (Phi) is 3.26. The minimum Gasteiger partial charge on any atom is -0.458 e. The maximum Gasteiger partial charge on any atom is 0.330 e. The topological polar surface area (TPSA) is 26.3 Å². The summed E-state index contributed by atoms with van der Waals surface area (Å²) in [5.41, 5.74) is 1.79. The molecule has 2 nitrogen and oxygen atoms in total. The van der Waals surface area contributed by atoms with Gasteiger partial charge in [0.1, 0.15) is 6.61 Å². The van der Waals surface area contributed by atoms with Crippen molar-refractivity contribution in [2.75, 3.05) is 0 Å². The van der Waals surface area contributed by atoms with Crippen LogP contribution >= 0.6 is 0 Å². The van der Waals surface area contributed by atoms with Gasteiger partial charge in [0.15, 0.2) is 0 Å². The Labute approximate surface area is 77.8 Å². The molecule has 0 aliphatic carbocycles. The first-order chi connectivity index (χ1) is 6.24. The summed E-state index contributed by atoms with van der Waals surface area (Å²) in [6, 6.07) is 7.52. The van der Waals surface area contributed by atoms with Crippen LogP contribution in [-0.4, -0.2) is 5.97 Å². The van der Waals surface area contributed by atoms with E-state index >= 15 is 0 Å². The van der Waals surface area contributed by atoms with Crippen molar-refractivity contribution >= 4 is 5.97 Å². The van der Waals surface area contributed by atoms with Crippen LogP contribution in [0.1, 0.15) is 11.1 Å². The third-order valence-electron chi connectivity index (χ3n) is 1.65. The molecule has 0 spiro atoms. The normalized spacial score (nSPS) is 9.31. The third kappa shape index (κ3) is 2.75. The minimum atomic E-state index is -0.414. The van der Waals surface area contributed by atoms with Crippen molar-refractivity contribution in [2.45, 2.75) is 6.61 Å². The SMILES string of the molecule is [CH2]c1ccccc1COC(=O)C=C. The molecule has 1 rings (SSSR count).